The van der Waals surface area contributed by atoms with Gasteiger partial charge in [0.2, 0.25) is 30.0 Å². The predicted octanol–water partition coefficient (Wildman–Crippen LogP) is 2.20. The Kier molecular flexibility index (Phi) is 11.4. The van der Waals surface area contributed by atoms with Crippen molar-refractivity contribution in [3.05, 3.63) is 108 Å². The van der Waals surface area contributed by atoms with Gasteiger partial charge >= 0.3 is 0 Å². The number of aromatic nitrogens is 1. The number of aliphatic hydroxyl groups is 1. The molecule has 11 nitrogen and oxygen atoms in total. The molecule has 5 N–H and O–H groups in total. The van der Waals surface area contributed by atoms with Crippen LogP contribution in [0.3, 0.4) is 0 Å². The first-order valence-corrected chi connectivity index (χ1v) is 15.1. The number of amides is 4. The van der Waals surface area contributed by atoms with E-state index in [-0.39, 0.29) is 18.9 Å². The molecule has 0 unspecified atom stereocenters. The van der Waals surface area contributed by atoms with Crippen molar-refractivity contribution in [3.8, 4) is 0 Å². The van der Waals surface area contributed by atoms with Crippen LogP contribution >= 0.6 is 0 Å². The highest BCUT2D eigenvalue weighted by Gasteiger charge is 2.32. The van der Waals surface area contributed by atoms with Crippen LogP contribution in [0.15, 0.2) is 91.1 Å². The van der Waals surface area contributed by atoms with Crippen LogP contribution in [-0.4, -0.2) is 63.9 Å². The number of benzene rings is 3. The summed E-state index contributed by atoms with van der Waals surface area (Å²) in [6.07, 6.45) is 1.09. The molecule has 0 spiro atoms. The van der Waals surface area contributed by atoms with Crippen LogP contribution in [0.5, 0.6) is 0 Å². The van der Waals surface area contributed by atoms with Gasteiger partial charge in [0.25, 0.3) is 0 Å². The van der Waals surface area contributed by atoms with Gasteiger partial charge < -0.3 is 26.4 Å². The highest BCUT2D eigenvalue weighted by Crippen LogP contribution is 2.22. The Morgan fingerprint density at radius 1 is 0.739 bits per heavy atom. The third-order valence-corrected chi connectivity index (χ3v) is 7.69. The summed E-state index contributed by atoms with van der Waals surface area (Å²) in [5, 5.41) is 21.8. The highest BCUT2D eigenvalue weighted by atomic mass is 16.3. The molecule has 0 bridgehead atoms. The van der Waals surface area contributed by atoms with Gasteiger partial charge in [-0.25, -0.2) is 0 Å². The number of aliphatic hydroxyl groups excluding tert-OH is 1. The van der Waals surface area contributed by atoms with E-state index in [1.807, 2.05) is 67.6 Å². The number of rotatable bonds is 14. The number of hydrogen-bond acceptors (Lipinski definition) is 6. The van der Waals surface area contributed by atoms with Gasteiger partial charge in [-0.1, -0.05) is 78.9 Å². The van der Waals surface area contributed by atoms with Gasteiger partial charge in [-0.2, -0.15) is 0 Å². The van der Waals surface area contributed by atoms with E-state index in [4.69, 9.17) is 0 Å². The molecule has 1 aromatic heterocycles. The number of para-hydroxylation sites is 1. The van der Waals surface area contributed by atoms with E-state index >= 15 is 0 Å². The highest BCUT2D eigenvalue weighted by molar-refractivity contribution is 5.95. The molecule has 4 aromatic rings. The Morgan fingerprint density at radius 2 is 1.30 bits per heavy atom. The molecule has 240 valence electrons. The third-order valence-electron chi connectivity index (χ3n) is 7.69. The Labute approximate surface area is 267 Å². The molecule has 4 rings (SSSR count). The summed E-state index contributed by atoms with van der Waals surface area (Å²) >= 11 is 0. The second-order valence-electron chi connectivity index (χ2n) is 11.3. The molecule has 4 amide bonds. The molecule has 3 aromatic carbocycles. The van der Waals surface area contributed by atoms with Crippen molar-refractivity contribution >= 4 is 40.9 Å². The van der Waals surface area contributed by atoms with E-state index in [1.54, 1.807) is 30.5 Å². The number of nitrogens with one attached hydrogen (secondary N) is 4. The summed E-state index contributed by atoms with van der Waals surface area (Å²) in [5.41, 5.74) is 2.91. The third kappa shape index (κ3) is 8.66. The zero-order chi connectivity index (χ0) is 33.2. The predicted molar refractivity (Wildman–Crippen MR) is 174 cm³/mol. The zero-order valence-electron chi connectivity index (χ0n) is 26.0. The van der Waals surface area contributed by atoms with Crippen LogP contribution < -0.4 is 21.3 Å². The molecule has 0 aliphatic rings. The van der Waals surface area contributed by atoms with E-state index < -0.39 is 47.9 Å². The maximum Gasteiger partial charge on any atom is 0.245 e. The zero-order valence-corrected chi connectivity index (χ0v) is 26.0. The lowest BCUT2D eigenvalue weighted by atomic mass is 10.0. The molecule has 5 atom stereocenters. The largest absolute Gasteiger partial charge is 0.391 e. The minimum atomic E-state index is -1.33. The molecule has 1 heterocycles. The Bertz CT molecular complexity index is 1670. The van der Waals surface area contributed by atoms with E-state index in [1.165, 1.54) is 18.4 Å². The lowest BCUT2D eigenvalue weighted by Gasteiger charge is -2.27. The van der Waals surface area contributed by atoms with Crippen LogP contribution in [0.4, 0.5) is 0 Å². The fourth-order valence-electron chi connectivity index (χ4n) is 5.31. The minimum Gasteiger partial charge on any atom is -0.391 e. The van der Waals surface area contributed by atoms with Crippen LogP contribution in [0.1, 0.15) is 43.5 Å². The fourth-order valence-corrected chi connectivity index (χ4v) is 5.31. The molecule has 0 aliphatic carbocycles. The van der Waals surface area contributed by atoms with Crippen molar-refractivity contribution in [1.29, 1.82) is 0 Å². The molecule has 0 saturated heterocycles. The molecule has 0 saturated carbocycles. The Balaban J connectivity index is 1.65. The number of fused-ring (bicyclic) bond motifs is 1. The second-order valence-corrected chi connectivity index (χ2v) is 11.3. The summed E-state index contributed by atoms with van der Waals surface area (Å²) in [6, 6.07) is 21.8. The SMILES string of the molecule is CC(=O)N[C@H](C(=O)N[C@H](Cc1cn(C=O)c2ccccc12)C(=O)N[C@@H](Cc1ccccc1)C(=O)N[C@H](C)c1ccccc1)[C@@H](C)O. The lowest BCUT2D eigenvalue weighted by molar-refractivity contribution is -0.135. The van der Waals surface area contributed by atoms with Gasteiger partial charge in [-0.15, -0.1) is 0 Å². The van der Waals surface area contributed by atoms with Gasteiger partial charge in [0.15, 0.2) is 0 Å². The smallest absolute Gasteiger partial charge is 0.245 e. The summed E-state index contributed by atoms with van der Waals surface area (Å²) < 4.78 is 1.38. The Hall–Kier alpha value is -5.29. The van der Waals surface area contributed by atoms with Crippen molar-refractivity contribution in [1.82, 2.24) is 25.8 Å². The molecule has 0 fully saturated rings. The maximum atomic E-state index is 14.0. The van der Waals surface area contributed by atoms with Gasteiger partial charge in [0, 0.05) is 31.3 Å². The minimum absolute atomic E-state index is 0.0500. The van der Waals surface area contributed by atoms with E-state index in [9.17, 15) is 29.1 Å². The van der Waals surface area contributed by atoms with Crippen molar-refractivity contribution in [2.75, 3.05) is 0 Å². The first-order valence-electron chi connectivity index (χ1n) is 15.1. The van der Waals surface area contributed by atoms with Crippen LogP contribution in [0.25, 0.3) is 10.9 Å². The molecular formula is C35H39N5O6. The first-order chi connectivity index (χ1) is 22.1. The van der Waals surface area contributed by atoms with Crippen molar-refractivity contribution < 1.29 is 29.1 Å². The summed E-state index contributed by atoms with van der Waals surface area (Å²) in [7, 11) is 0. The number of carbonyl (C=O) groups is 5. The van der Waals surface area contributed by atoms with Crippen LogP contribution in [0.2, 0.25) is 0 Å². The van der Waals surface area contributed by atoms with E-state index in [2.05, 4.69) is 21.3 Å². The summed E-state index contributed by atoms with van der Waals surface area (Å²) in [4.78, 5) is 64.6. The average Bonchev–Trinajstić information content (AvgIpc) is 3.40. The molecule has 11 heteroatoms. The summed E-state index contributed by atoms with van der Waals surface area (Å²) in [5.74, 6) is -2.40. The lowest BCUT2D eigenvalue weighted by Crippen LogP contribution is -2.59. The van der Waals surface area contributed by atoms with Crippen molar-refractivity contribution in [2.24, 2.45) is 0 Å². The summed E-state index contributed by atoms with van der Waals surface area (Å²) in [6.45, 7) is 4.41. The van der Waals surface area contributed by atoms with Gasteiger partial charge in [0.05, 0.1) is 17.7 Å². The van der Waals surface area contributed by atoms with Crippen molar-refractivity contribution in [2.45, 2.75) is 63.9 Å². The maximum absolute atomic E-state index is 14.0. The van der Waals surface area contributed by atoms with Crippen LogP contribution in [-0.2, 0) is 36.8 Å². The quantitative estimate of drug-likeness (QED) is 0.135. The molecular weight excluding hydrogens is 586 g/mol. The van der Waals surface area contributed by atoms with Gasteiger partial charge in [-0.05, 0) is 36.6 Å². The standard InChI is InChI=1S/C35H39N5O6/c1-22(26-14-8-5-9-15-26)36-33(44)29(18-25-12-6-4-7-13-25)38-34(45)30(39-35(46)32(23(2)42)37-24(3)43)19-27-20-40(21-41)31-17-11-10-16-28(27)31/h4-17,20-23,29-30,32,42H,18-19H2,1-3H3,(H,36,44)(H,37,43)(H,38,45)(H,39,46)/t22-,23-,29+,30-,32+/m1/s1. The second kappa shape index (κ2) is 15.6. The van der Waals surface area contributed by atoms with Crippen molar-refractivity contribution in [3.63, 3.8) is 0 Å². The van der Waals surface area contributed by atoms with E-state index in [0.717, 1.165) is 11.1 Å². The number of nitrogens with zero attached hydrogens (tertiary/aromatic N) is 1. The van der Waals surface area contributed by atoms with Gasteiger partial charge in [0.1, 0.15) is 18.1 Å². The van der Waals surface area contributed by atoms with E-state index in [0.29, 0.717) is 22.9 Å². The number of hydrogen-bond donors (Lipinski definition) is 5. The molecule has 0 radical (unpaired) electrons. The molecule has 46 heavy (non-hydrogen) atoms. The van der Waals surface area contributed by atoms with Gasteiger partial charge in [-0.3, -0.25) is 28.5 Å². The normalized spacial score (nSPS) is 14.3. The Morgan fingerprint density at radius 3 is 1.93 bits per heavy atom. The number of carbonyl (C=O) groups excluding carboxylic acids is 5. The molecule has 0 aliphatic heterocycles. The average molecular weight is 626 g/mol. The topological polar surface area (TPSA) is 159 Å². The van der Waals surface area contributed by atoms with Crippen LogP contribution in [0, 0.1) is 0 Å². The fraction of sp³-hybridized carbons (Fsp3) is 0.286. The monoisotopic (exact) mass is 625 g/mol. The first kappa shape index (κ1) is 33.6.